The lowest BCUT2D eigenvalue weighted by atomic mass is 10.1. The number of carbonyl (C=O) groups excluding carboxylic acids is 2. The number of aryl methyl sites for hydroxylation is 2. The highest BCUT2D eigenvalue weighted by Crippen LogP contribution is 2.53. The Kier molecular flexibility index (Phi) is 10.5. The molecule has 1 fully saturated rings. The molecule has 0 aliphatic heterocycles. The van der Waals surface area contributed by atoms with Gasteiger partial charge in [0.1, 0.15) is 12.7 Å². The third-order valence-corrected chi connectivity index (χ3v) is 7.08. The molecule has 0 bridgehead atoms. The van der Waals surface area contributed by atoms with Gasteiger partial charge in [-0.3, -0.25) is 13.6 Å². The van der Waals surface area contributed by atoms with Crippen LogP contribution in [-0.2, 0) is 43.7 Å². The average Bonchev–Trinajstić information content (AvgIpc) is 3.48. The molecule has 0 spiro atoms. The molecule has 2 heterocycles. The van der Waals surface area contributed by atoms with Crippen molar-refractivity contribution in [2.24, 2.45) is 0 Å². The van der Waals surface area contributed by atoms with Gasteiger partial charge in [-0.1, -0.05) is 0 Å². The molecule has 0 aromatic carbocycles. The van der Waals surface area contributed by atoms with Crippen molar-refractivity contribution in [3.8, 4) is 0 Å². The van der Waals surface area contributed by atoms with Gasteiger partial charge in [0, 0.05) is 5.69 Å². The van der Waals surface area contributed by atoms with E-state index in [-0.39, 0.29) is 0 Å². The summed E-state index contributed by atoms with van der Waals surface area (Å²) >= 11 is 0. The predicted octanol–water partition coefficient (Wildman–Crippen LogP) is 5.13. The van der Waals surface area contributed by atoms with Crippen LogP contribution in [0.25, 0.3) is 5.52 Å². The summed E-state index contributed by atoms with van der Waals surface area (Å²) in [6, 6.07) is 4.03. The summed E-state index contributed by atoms with van der Waals surface area (Å²) < 4.78 is 50.9. The number of hydrogen-bond acceptors (Lipinski definition) is 12. The van der Waals surface area contributed by atoms with Crippen molar-refractivity contribution in [1.82, 2.24) is 14.6 Å². The molecule has 1 saturated carbocycles. The molecule has 1 aliphatic rings. The Labute approximate surface area is 221 Å². The second-order valence-electron chi connectivity index (χ2n) is 9.50. The van der Waals surface area contributed by atoms with Crippen molar-refractivity contribution in [3.63, 3.8) is 0 Å². The zero-order valence-electron chi connectivity index (χ0n) is 22.4. The molecule has 0 N–H and O–H groups in total. The van der Waals surface area contributed by atoms with Gasteiger partial charge in [0.25, 0.3) is 0 Å². The van der Waals surface area contributed by atoms with E-state index in [1.54, 1.807) is 27.7 Å². The molecule has 38 heavy (non-hydrogen) atoms. The summed E-state index contributed by atoms with van der Waals surface area (Å²) in [6.45, 7) is 7.16. The highest BCUT2D eigenvalue weighted by molar-refractivity contribution is 7.53. The van der Waals surface area contributed by atoms with Crippen molar-refractivity contribution in [3.05, 3.63) is 29.8 Å². The Morgan fingerprint density at radius 1 is 1.03 bits per heavy atom. The van der Waals surface area contributed by atoms with Crippen LogP contribution in [-0.4, -0.2) is 64.7 Å². The maximum absolute atomic E-state index is 13.3. The molecule has 2 aromatic heterocycles. The summed E-state index contributed by atoms with van der Waals surface area (Å²) in [5.74, 6) is 0. The minimum absolute atomic E-state index is 0.398. The fourth-order valence-electron chi connectivity index (χ4n) is 3.59. The summed E-state index contributed by atoms with van der Waals surface area (Å²) in [4.78, 5) is 27.4. The lowest BCUT2D eigenvalue weighted by Crippen LogP contribution is -2.20. The Morgan fingerprint density at radius 2 is 1.63 bits per heavy atom. The molecule has 3 rings (SSSR count). The second kappa shape index (κ2) is 13.4. The number of hydrogen-bond donors (Lipinski definition) is 0. The summed E-state index contributed by atoms with van der Waals surface area (Å²) in [5, 5.41) is 4.33. The Balaban J connectivity index is 1.52. The van der Waals surface area contributed by atoms with E-state index >= 15 is 0 Å². The van der Waals surface area contributed by atoms with Gasteiger partial charge in [-0.2, -0.15) is 5.10 Å². The zero-order chi connectivity index (χ0) is 27.8. The van der Waals surface area contributed by atoms with Gasteiger partial charge < -0.3 is 23.7 Å². The van der Waals surface area contributed by atoms with Gasteiger partial charge >= 0.3 is 19.9 Å². The van der Waals surface area contributed by atoms with Crippen LogP contribution in [0.15, 0.2) is 18.5 Å². The molecular weight excluding hydrogens is 521 g/mol. The highest BCUT2D eigenvalue weighted by Gasteiger charge is 2.45. The monoisotopic (exact) mass is 557 g/mol. The van der Waals surface area contributed by atoms with Gasteiger partial charge in [0.2, 0.25) is 13.6 Å². The first-order chi connectivity index (χ1) is 18.0. The van der Waals surface area contributed by atoms with E-state index in [4.69, 9.17) is 32.7 Å². The van der Waals surface area contributed by atoms with E-state index in [1.165, 1.54) is 6.33 Å². The molecule has 0 saturated heterocycles. The molecule has 13 nitrogen and oxygen atoms in total. The molecule has 0 unspecified atom stereocenters. The Bertz CT molecular complexity index is 1100. The van der Waals surface area contributed by atoms with Gasteiger partial charge in [-0.15, -0.1) is 0 Å². The molecule has 0 radical (unpaired) electrons. The van der Waals surface area contributed by atoms with Crippen LogP contribution < -0.4 is 0 Å². The number of fused-ring (bicyclic) bond motifs is 1. The van der Waals surface area contributed by atoms with Crippen molar-refractivity contribution in [2.45, 2.75) is 84.5 Å². The number of aromatic nitrogens is 3. The van der Waals surface area contributed by atoms with E-state index in [0.29, 0.717) is 0 Å². The third kappa shape index (κ3) is 9.23. The fourth-order valence-corrected chi connectivity index (χ4v) is 4.67. The lowest BCUT2D eigenvalue weighted by molar-refractivity contribution is -0.0391. The largest absolute Gasteiger partial charge is 0.510 e. The standard InChI is InChI=1S/C24H36N3O10P/c1-17(2)36-22(28)31-14-34-38(30,35-15-32-23(29)37-18(3)4)16-33-24(11-12-24)10-6-7-20-8-9-21-19(5)25-13-26-27(20)21/h8-9,13,17-18H,6-7,10-12,14-16H2,1-5H3. The van der Waals surface area contributed by atoms with E-state index < -0.39 is 57.6 Å². The van der Waals surface area contributed by atoms with Crippen LogP contribution in [0.1, 0.15) is 64.8 Å². The van der Waals surface area contributed by atoms with Crippen LogP contribution in [0.3, 0.4) is 0 Å². The van der Waals surface area contributed by atoms with Gasteiger partial charge in [-0.25, -0.2) is 19.1 Å². The first-order valence-electron chi connectivity index (χ1n) is 12.5. The number of carbonyl (C=O) groups is 2. The summed E-state index contributed by atoms with van der Waals surface area (Å²) in [6.07, 6.45) is 2.24. The summed E-state index contributed by atoms with van der Waals surface area (Å²) in [5.41, 5.74) is 2.48. The van der Waals surface area contributed by atoms with Gasteiger partial charge in [0.05, 0.1) is 29.0 Å². The SMILES string of the molecule is Cc1ncnn2c(CCCC3(OCP(=O)(OCOC(=O)OC(C)C)OCOC(=O)OC(C)C)CC3)ccc12. The third-order valence-electron chi connectivity index (χ3n) is 5.64. The molecule has 0 amide bonds. The van der Waals surface area contributed by atoms with Crippen LogP contribution in [0.4, 0.5) is 9.59 Å². The number of rotatable bonds is 15. The van der Waals surface area contributed by atoms with Gasteiger partial charge in [-0.05, 0) is 78.9 Å². The fraction of sp³-hybridized carbons (Fsp3) is 0.667. The normalized spacial score (nSPS) is 14.6. The van der Waals surface area contributed by atoms with E-state index in [0.717, 1.165) is 49.0 Å². The predicted molar refractivity (Wildman–Crippen MR) is 133 cm³/mol. The van der Waals surface area contributed by atoms with Crippen molar-refractivity contribution in [2.75, 3.05) is 19.9 Å². The van der Waals surface area contributed by atoms with Crippen LogP contribution in [0.5, 0.6) is 0 Å². The number of nitrogens with zero attached hydrogens (tertiary/aromatic N) is 3. The van der Waals surface area contributed by atoms with E-state index in [1.807, 2.05) is 23.6 Å². The van der Waals surface area contributed by atoms with Crippen LogP contribution >= 0.6 is 7.60 Å². The number of ether oxygens (including phenoxy) is 5. The average molecular weight is 558 g/mol. The van der Waals surface area contributed by atoms with Crippen molar-refractivity contribution < 1.29 is 46.9 Å². The van der Waals surface area contributed by atoms with Crippen molar-refractivity contribution in [1.29, 1.82) is 0 Å². The minimum atomic E-state index is -3.98. The Morgan fingerprint density at radius 3 is 2.18 bits per heavy atom. The molecule has 14 heteroatoms. The van der Waals surface area contributed by atoms with Gasteiger partial charge in [0.15, 0.2) is 0 Å². The lowest BCUT2D eigenvalue weighted by Gasteiger charge is -2.22. The van der Waals surface area contributed by atoms with Crippen LogP contribution in [0.2, 0.25) is 0 Å². The maximum Gasteiger partial charge on any atom is 0.510 e. The smallest absolute Gasteiger partial charge is 0.432 e. The Hall–Kier alpha value is -2.73. The minimum Gasteiger partial charge on any atom is -0.432 e. The topological polar surface area (TPSA) is 146 Å². The summed E-state index contributed by atoms with van der Waals surface area (Å²) in [7, 11) is -3.98. The second-order valence-corrected chi connectivity index (χ2v) is 11.5. The maximum atomic E-state index is 13.3. The first kappa shape index (κ1) is 29.8. The molecule has 212 valence electrons. The van der Waals surface area contributed by atoms with Crippen molar-refractivity contribution >= 4 is 25.4 Å². The molecule has 0 atom stereocenters. The quantitative estimate of drug-likeness (QED) is 0.162. The highest BCUT2D eigenvalue weighted by atomic mass is 31.2. The molecule has 2 aromatic rings. The zero-order valence-corrected chi connectivity index (χ0v) is 23.3. The molecule has 1 aliphatic carbocycles. The molecular formula is C24H36N3O10P. The van der Waals surface area contributed by atoms with Crippen LogP contribution in [0, 0.1) is 6.92 Å². The first-order valence-corrected chi connectivity index (χ1v) is 14.2. The van der Waals surface area contributed by atoms with E-state index in [2.05, 4.69) is 10.1 Å². The van der Waals surface area contributed by atoms with E-state index in [9.17, 15) is 14.2 Å².